The zero-order valence-corrected chi connectivity index (χ0v) is 10.1. The monoisotopic (exact) mass is 298 g/mol. The third-order valence-corrected chi connectivity index (χ3v) is 3.06. The second-order valence-corrected chi connectivity index (χ2v) is 4.29. The lowest BCUT2D eigenvalue weighted by molar-refractivity contribution is 0.238. The van der Waals surface area contributed by atoms with E-state index in [2.05, 4.69) is 34.1 Å². The Balaban J connectivity index is 0.000000561. The van der Waals surface area contributed by atoms with Crippen LogP contribution in [0.4, 0.5) is 0 Å². The number of hydrogen-bond acceptors (Lipinski definition) is 2. The van der Waals surface area contributed by atoms with Crippen molar-refractivity contribution in [1.82, 2.24) is 0 Å². The van der Waals surface area contributed by atoms with Gasteiger partial charge in [-0.2, -0.15) is 0 Å². The summed E-state index contributed by atoms with van der Waals surface area (Å²) in [5.41, 5.74) is 0. The molecule has 0 radical (unpaired) electrons. The number of rotatable bonds is 3. The van der Waals surface area contributed by atoms with Crippen molar-refractivity contribution in [3.8, 4) is 12.8 Å². The molecule has 1 aliphatic carbocycles. The fourth-order valence-electron chi connectivity index (χ4n) is 1.48. The second-order valence-electron chi connectivity index (χ2n) is 2.85. The van der Waals surface area contributed by atoms with Crippen LogP contribution in [0.3, 0.4) is 0 Å². The van der Waals surface area contributed by atoms with Crippen LogP contribution in [-0.2, 0) is 4.18 Å². The van der Waals surface area contributed by atoms with E-state index in [1.807, 2.05) is 0 Å². The Morgan fingerprint density at radius 3 is 2.33 bits per heavy atom. The Morgan fingerprint density at radius 2 is 1.83 bits per heavy atom. The fourth-order valence-corrected chi connectivity index (χ4v) is 2.16. The van der Waals surface area contributed by atoms with Crippen molar-refractivity contribution in [2.24, 2.45) is 5.92 Å². The van der Waals surface area contributed by atoms with Gasteiger partial charge in [0.05, 0.1) is 15.8 Å². The van der Waals surface area contributed by atoms with Gasteiger partial charge in [0.25, 0.3) is 0 Å². The average molecular weight is 298 g/mol. The van der Waals surface area contributed by atoms with Crippen LogP contribution in [0.15, 0.2) is 0 Å². The molecule has 0 aromatic heterocycles. The highest BCUT2D eigenvalue weighted by atomic mass is 127. The maximum Gasteiger partial charge on any atom is 0.0651 e. The van der Waals surface area contributed by atoms with E-state index < -0.39 is 0 Å². The lowest BCUT2D eigenvalue weighted by Gasteiger charge is -2.19. The number of halogens is 1. The molecule has 1 nitrogen and oxygen atoms in total. The summed E-state index contributed by atoms with van der Waals surface area (Å²) in [4.78, 5) is 0. The van der Waals surface area contributed by atoms with Crippen LogP contribution in [0.2, 0.25) is 0 Å². The van der Waals surface area contributed by atoms with E-state index in [0.717, 1.165) is 12.5 Å². The van der Waals surface area contributed by atoms with Gasteiger partial charge < -0.3 is 4.18 Å². The molecule has 0 aromatic carbocycles. The van der Waals surface area contributed by atoms with Gasteiger partial charge in [-0.25, -0.2) is 0 Å². The number of hydrogen-bond donors (Lipinski definition) is 0. The average Bonchev–Trinajstić information content (AvgIpc) is 2.19. The summed E-state index contributed by atoms with van der Waals surface area (Å²) in [6.07, 6.45) is 15.0. The molecule has 0 spiro atoms. The van der Waals surface area contributed by atoms with Crippen molar-refractivity contribution in [2.75, 3.05) is 6.61 Å². The molecule has 0 aromatic rings. The largest absolute Gasteiger partial charge is 0.305 e. The molecule has 1 aliphatic rings. The van der Waals surface area contributed by atoms with Crippen molar-refractivity contribution >= 4 is 30.4 Å². The summed E-state index contributed by atoms with van der Waals surface area (Å²) in [6.45, 7) is 0.966. The quantitative estimate of drug-likeness (QED) is 0.445. The first-order valence-corrected chi connectivity index (χ1v) is 7.45. The van der Waals surface area contributed by atoms with Crippen LogP contribution in [0, 0.1) is 18.8 Å². The van der Waals surface area contributed by atoms with Gasteiger partial charge in [0.2, 0.25) is 0 Å². The highest BCUT2D eigenvalue weighted by molar-refractivity contribution is 14.2. The summed E-state index contributed by atoms with van der Waals surface area (Å²) in [5.74, 6) is 0.857. The highest BCUT2D eigenvalue weighted by Gasteiger charge is 2.12. The first kappa shape index (κ1) is 12.6. The molecule has 0 N–H and O–H groups in total. The number of terminal acetylenes is 1. The minimum Gasteiger partial charge on any atom is -0.305 e. The molecule has 0 heterocycles. The Hall–Kier alpha value is 0.600. The molecule has 0 amide bonds. The van der Waals surface area contributed by atoms with Gasteiger partial charge in [-0.15, -0.1) is 12.8 Å². The standard InChI is InChI=1S/C7H13IOS.C2H2/c8-10-9-6-7-4-2-1-3-5-7;1-2/h7H,1-6H2;1-2H. The van der Waals surface area contributed by atoms with Crippen molar-refractivity contribution in [3.05, 3.63) is 0 Å². The maximum absolute atomic E-state index is 5.28. The first-order valence-electron chi connectivity index (χ1n) is 4.17. The molecule has 12 heavy (non-hydrogen) atoms. The van der Waals surface area contributed by atoms with Crippen molar-refractivity contribution in [3.63, 3.8) is 0 Å². The fraction of sp³-hybridized carbons (Fsp3) is 0.778. The summed E-state index contributed by atoms with van der Waals surface area (Å²) in [5, 5.41) is 0. The molecule has 3 heteroatoms. The van der Waals surface area contributed by atoms with E-state index in [1.54, 1.807) is 0 Å². The van der Waals surface area contributed by atoms with Crippen molar-refractivity contribution in [1.29, 1.82) is 0 Å². The molecule has 1 saturated carbocycles. The van der Waals surface area contributed by atoms with Crippen LogP contribution in [0.1, 0.15) is 32.1 Å². The van der Waals surface area contributed by atoms with E-state index in [4.69, 9.17) is 4.18 Å². The van der Waals surface area contributed by atoms with Crippen LogP contribution in [0.5, 0.6) is 0 Å². The molecule has 1 rings (SSSR count). The zero-order valence-electron chi connectivity index (χ0n) is 7.17. The molecule has 0 unspecified atom stereocenters. The van der Waals surface area contributed by atoms with E-state index in [0.29, 0.717) is 0 Å². The van der Waals surface area contributed by atoms with Gasteiger partial charge in [-0.1, -0.05) is 19.3 Å². The Labute approximate surface area is 91.8 Å². The van der Waals surface area contributed by atoms with E-state index >= 15 is 0 Å². The molecule has 0 saturated heterocycles. The smallest absolute Gasteiger partial charge is 0.0651 e. The van der Waals surface area contributed by atoms with Gasteiger partial charge in [-0.3, -0.25) is 0 Å². The van der Waals surface area contributed by atoms with Crippen molar-refractivity contribution in [2.45, 2.75) is 32.1 Å². The minimum atomic E-state index is 0.857. The van der Waals surface area contributed by atoms with E-state index in [-0.39, 0.29) is 0 Å². The normalized spacial score (nSPS) is 17.9. The van der Waals surface area contributed by atoms with Crippen LogP contribution < -0.4 is 0 Å². The molecule has 70 valence electrons. The Bertz CT molecular complexity index is 110. The summed E-state index contributed by atoms with van der Waals surface area (Å²) >= 11 is 2.18. The lowest BCUT2D eigenvalue weighted by atomic mass is 9.90. The Kier molecular flexibility index (Phi) is 10.2. The molecule has 0 atom stereocenters. The van der Waals surface area contributed by atoms with Crippen molar-refractivity contribution < 1.29 is 4.18 Å². The van der Waals surface area contributed by atoms with Crippen LogP contribution in [-0.4, -0.2) is 6.61 Å². The predicted octanol–water partition coefficient (Wildman–Crippen LogP) is 3.83. The van der Waals surface area contributed by atoms with Crippen LogP contribution >= 0.6 is 30.4 Å². The minimum absolute atomic E-state index is 0.857. The predicted molar refractivity (Wildman–Crippen MR) is 64.0 cm³/mol. The molecular formula is C9H15IOS. The van der Waals surface area contributed by atoms with E-state index in [1.165, 1.54) is 41.3 Å². The highest BCUT2D eigenvalue weighted by Crippen LogP contribution is 2.25. The van der Waals surface area contributed by atoms with Gasteiger partial charge >= 0.3 is 0 Å². The first-order chi connectivity index (χ1) is 5.93. The maximum atomic E-state index is 5.28. The van der Waals surface area contributed by atoms with Gasteiger partial charge in [0, 0.05) is 21.2 Å². The molecule has 1 fully saturated rings. The lowest BCUT2D eigenvalue weighted by Crippen LogP contribution is -2.10. The van der Waals surface area contributed by atoms with Gasteiger partial charge in [0.15, 0.2) is 0 Å². The SMILES string of the molecule is C#C.ISOCC1CCCCC1. The topological polar surface area (TPSA) is 9.23 Å². The molecular weight excluding hydrogens is 283 g/mol. The zero-order chi connectivity index (χ0) is 9.23. The molecule has 0 bridgehead atoms. The van der Waals surface area contributed by atoms with E-state index in [9.17, 15) is 0 Å². The Morgan fingerprint density at radius 1 is 1.25 bits per heavy atom. The van der Waals surface area contributed by atoms with Gasteiger partial charge in [0.1, 0.15) is 0 Å². The third-order valence-electron chi connectivity index (χ3n) is 2.07. The van der Waals surface area contributed by atoms with Gasteiger partial charge in [-0.05, 0) is 18.8 Å². The summed E-state index contributed by atoms with van der Waals surface area (Å²) in [7, 11) is 1.47. The summed E-state index contributed by atoms with van der Waals surface area (Å²) < 4.78 is 5.28. The molecule has 0 aliphatic heterocycles. The van der Waals surface area contributed by atoms with Crippen LogP contribution in [0.25, 0.3) is 0 Å². The summed E-state index contributed by atoms with van der Waals surface area (Å²) in [6, 6.07) is 0. The third kappa shape index (κ3) is 6.15. The second kappa shape index (κ2) is 9.69.